The fraction of sp³-hybridized carbons (Fsp3) is 0.542. The summed E-state index contributed by atoms with van der Waals surface area (Å²) in [7, 11) is 0. The summed E-state index contributed by atoms with van der Waals surface area (Å²) in [5, 5.41) is 23.2. The molecule has 0 atom stereocenters. The first-order valence-corrected chi connectivity index (χ1v) is 12.6. The van der Waals surface area contributed by atoms with Crippen molar-refractivity contribution in [3.8, 4) is 0 Å². The fourth-order valence-electron chi connectivity index (χ4n) is 6.70. The van der Waals surface area contributed by atoms with Crippen LogP contribution in [0, 0.1) is 33.3 Å². The minimum atomic E-state index is -0.463. The lowest BCUT2D eigenvalue weighted by Crippen LogP contribution is -2.47. The van der Waals surface area contributed by atoms with Crippen molar-refractivity contribution in [3.05, 3.63) is 52.9 Å². The number of hydrogen-bond donors (Lipinski definition) is 1. The number of thioether (sulfide) groups is 1. The van der Waals surface area contributed by atoms with Gasteiger partial charge in [0.1, 0.15) is 5.82 Å². The van der Waals surface area contributed by atoms with Gasteiger partial charge in [-0.3, -0.25) is 14.9 Å². The molecule has 0 unspecified atom stereocenters. The van der Waals surface area contributed by atoms with E-state index < -0.39 is 4.92 Å². The van der Waals surface area contributed by atoms with Gasteiger partial charge in [0, 0.05) is 30.8 Å². The van der Waals surface area contributed by atoms with Crippen molar-refractivity contribution in [1.29, 1.82) is 0 Å². The zero-order valence-electron chi connectivity index (χ0n) is 18.6. The highest BCUT2D eigenvalue weighted by molar-refractivity contribution is 7.99. The smallest absolute Gasteiger partial charge is 0.269 e. The van der Waals surface area contributed by atoms with E-state index in [9.17, 15) is 14.9 Å². The average Bonchev–Trinajstić information content (AvgIpc) is 3.12. The van der Waals surface area contributed by atoms with E-state index in [1.807, 2.05) is 6.08 Å². The van der Waals surface area contributed by atoms with E-state index >= 15 is 0 Å². The molecule has 0 spiro atoms. The number of rotatable bonds is 9. The van der Waals surface area contributed by atoms with Gasteiger partial charge in [0.25, 0.3) is 5.69 Å². The Balaban J connectivity index is 1.23. The number of aromatic nitrogens is 3. The molecule has 1 aromatic heterocycles. The molecule has 2 aromatic rings. The molecular weight excluding hydrogens is 438 g/mol. The third-order valence-electron chi connectivity index (χ3n) is 7.50. The molecule has 0 radical (unpaired) electrons. The Morgan fingerprint density at radius 2 is 1.82 bits per heavy atom. The molecule has 4 bridgehead atoms. The van der Waals surface area contributed by atoms with E-state index in [1.165, 1.54) is 74.6 Å². The topological polar surface area (TPSA) is 103 Å². The Morgan fingerprint density at radius 3 is 2.39 bits per heavy atom. The minimum Gasteiger partial charge on any atom is -0.325 e. The molecule has 1 amide bonds. The van der Waals surface area contributed by atoms with Gasteiger partial charge >= 0.3 is 0 Å². The van der Waals surface area contributed by atoms with Gasteiger partial charge in [0.05, 0.1) is 10.7 Å². The van der Waals surface area contributed by atoms with Crippen molar-refractivity contribution in [2.24, 2.45) is 23.2 Å². The molecule has 0 saturated heterocycles. The quantitative estimate of drug-likeness (QED) is 0.244. The summed E-state index contributed by atoms with van der Waals surface area (Å²) < 4.78 is 2.11. The summed E-state index contributed by atoms with van der Waals surface area (Å²) in [6.45, 7) is 4.53. The van der Waals surface area contributed by atoms with Crippen LogP contribution < -0.4 is 5.32 Å². The van der Waals surface area contributed by atoms with Crippen molar-refractivity contribution >= 4 is 29.0 Å². The molecule has 1 heterocycles. The lowest BCUT2D eigenvalue weighted by Gasteiger charge is -2.56. The van der Waals surface area contributed by atoms with Crippen LogP contribution in [0.2, 0.25) is 0 Å². The van der Waals surface area contributed by atoms with E-state index in [4.69, 9.17) is 0 Å². The van der Waals surface area contributed by atoms with E-state index in [2.05, 4.69) is 26.7 Å². The van der Waals surface area contributed by atoms with Crippen LogP contribution in [0.1, 0.15) is 44.3 Å². The van der Waals surface area contributed by atoms with Crippen molar-refractivity contribution in [2.75, 3.05) is 11.1 Å². The second-order valence-corrected chi connectivity index (χ2v) is 11.0. The highest BCUT2D eigenvalue weighted by Crippen LogP contribution is 2.61. The first kappa shape index (κ1) is 22.1. The number of nitro groups is 1. The number of amides is 1. The van der Waals surface area contributed by atoms with Gasteiger partial charge < -0.3 is 9.88 Å². The molecule has 1 aromatic carbocycles. The van der Waals surface area contributed by atoms with Crippen molar-refractivity contribution in [1.82, 2.24) is 14.8 Å². The molecule has 4 aliphatic rings. The predicted octanol–water partition coefficient (Wildman–Crippen LogP) is 4.86. The van der Waals surface area contributed by atoms with Gasteiger partial charge in [-0.2, -0.15) is 0 Å². The van der Waals surface area contributed by atoms with Gasteiger partial charge in [-0.15, -0.1) is 16.8 Å². The number of carbonyl (C=O) groups is 1. The highest BCUT2D eigenvalue weighted by atomic mass is 32.2. The number of non-ortho nitro benzene ring substituents is 1. The summed E-state index contributed by atoms with van der Waals surface area (Å²) in [4.78, 5) is 22.7. The van der Waals surface area contributed by atoms with Gasteiger partial charge in [-0.05, 0) is 73.8 Å². The summed E-state index contributed by atoms with van der Waals surface area (Å²) in [5.41, 5.74) is 0.892. The number of nitro benzene ring substituents is 1. The number of allylic oxidation sites excluding steroid dienone is 1. The van der Waals surface area contributed by atoms with Gasteiger partial charge in [-0.25, -0.2) is 0 Å². The largest absolute Gasteiger partial charge is 0.325 e. The Hall–Kier alpha value is -2.68. The SMILES string of the molecule is C=CCn1c(CC23CC4CC(CC(C4)C2)C3)nnc1SCC(=O)Nc1ccc([N+](=O)[O-])cc1. The number of hydrogen-bond acceptors (Lipinski definition) is 6. The number of anilines is 1. The van der Waals surface area contributed by atoms with E-state index in [-0.39, 0.29) is 17.3 Å². The van der Waals surface area contributed by atoms with Crippen LogP contribution in [0.3, 0.4) is 0 Å². The molecule has 33 heavy (non-hydrogen) atoms. The standard InChI is InChI=1S/C24H29N5O3S/c1-2-7-28-21(14-24-11-16-8-17(12-24)10-18(9-16)13-24)26-27-23(28)33-15-22(30)25-19-3-5-20(6-4-19)29(31)32/h2-6,16-18H,1,7-15H2,(H,25,30). The summed E-state index contributed by atoms with van der Waals surface area (Å²) in [5.74, 6) is 3.68. The molecule has 174 valence electrons. The number of nitrogens with zero attached hydrogens (tertiary/aromatic N) is 4. The van der Waals surface area contributed by atoms with Crippen molar-refractivity contribution in [3.63, 3.8) is 0 Å². The van der Waals surface area contributed by atoms with Gasteiger partial charge in [0.15, 0.2) is 5.16 Å². The maximum absolute atomic E-state index is 12.4. The Labute approximate surface area is 197 Å². The third-order valence-corrected chi connectivity index (χ3v) is 8.46. The fourth-order valence-corrected chi connectivity index (χ4v) is 7.47. The normalized spacial score (nSPS) is 27.5. The zero-order valence-corrected chi connectivity index (χ0v) is 19.4. The second kappa shape index (κ2) is 8.93. The predicted molar refractivity (Wildman–Crippen MR) is 127 cm³/mol. The number of carbonyl (C=O) groups excluding carboxylic acids is 1. The lowest BCUT2D eigenvalue weighted by atomic mass is 9.49. The van der Waals surface area contributed by atoms with Crippen LogP contribution in [0.15, 0.2) is 42.1 Å². The maximum atomic E-state index is 12.4. The van der Waals surface area contributed by atoms with Crippen LogP contribution in [0.4, 0.5) is 11.4 Å². The molecule has 4 fully saturated rings. The van der Waals surface area contributed by atoms with E-state index in [0.29, 0.717) is 17.6 Å². The van der Waals surface area contributed by atoms with Crippen LogP contribution in [0.25, 0.3) is 0 Å². The molecule has 8 nitrogen and oxygen atoms in total. The highest BCUT2D eigenvalue weighted by Gasteiger charge is 2.51. The van der Waals surface area contributed by atoms with Crippen LogP contribution >= 0.6 is 11.8 Å². The molecule has 4 saturated carbocycles. The van der Waals surface area contributed by atoms with Crippen molar-refractivity contribution in [2.45, 2.75) is 56.6 Å². The molecular formula is C24H29N5O3S. The third kappa shape index (κ3) is 4.69. The first-order valence-electron chi connectivity index (χ1n) is 11.6. The molecule has 1 N–H and O–H groups in total. The zero-order chi connectivity index (χ0) is 23.0. The van der Waals surface area contributed by atoms with Crippen LogP contribution in [-0.2, 0) is 17.8 Å². The number of nitrogens with one attached hydrogen (secondary N) is 1. The van der Waals surface area contributed by atoms with Crippen molar-refractivity contribution < 1.29 is 9.72 Å². The monoisotopic (exact) mass is 467 g/mol. The Bertz CT molecular complexity index is 1030. The second-order valence-electron chi connectivity index (χ2n) is 10.0. The summed E-state index contributed by atoms with van der Waals surface area (Å²) >= 11 is 1.36. The summed E-state index contributed by atoms with van der Waals surface area (Å²) in [6, 6.07) is 5.81. The molecule has 4 aliphatic carbocycles. The summed E-state index contributed by atoms with van der Waals surface area (Å²) in [6.07, 6.45) is 11.0. The lowest BCUT2D eigenvalue weighted by molar-refractivity contribution is -0.384. The Kier molecular flexibility index (Phi) is 5.99. The average molecular weight is 468 g/mol. The van der Waals surface area contributed by atoms with E-state index in [1.54, 1.807) is 0 Å². The molecule has 6 rings (SSSR count). The van der Waals surface area contributed by atoms with Gasteiger partial charge in [-0.1, -0.05) is 17.8 Å². The maximum Gasteiger partial charge on any atom is 0.269 e. The first-order chi connectivity index (χ1) is 15.9. The minimum absolute atomic E-state index is 0.00791. The number of benzene rings is 1. The van der Waals surface area contributed by atoms with Gasteiger partial charge in [0.2, 0.25) is 5.91 Å². The van der Waals surface area contributed by atoms with Crippen LogP contribution in [0.5, 0.6) is 0 Å². The molecule has 9 heteroatoms. The Morgan fingerprint density at radius 1 is 1.18 bits per heavy atom. The van der Waals surface area contributed by atoms with Crippen LogP contribution in [-0.4, -0.2) is 31.3 Å². The molecule has 0 aliphatic heterocycles. The van der Waals surface area contributed by atoms with E-state index in [0.717, 1.165) is 35.2 Å².